The van der Waals surface area contributed by atoms with Crippen LogP contribution in [-0.4, -0.2) is 20.2 Å². The molecule has 18 heavy (non-hydrogen) atoms. The first-order chi connectivity index (χ1) is 8.63. The molecule has 0 aliphatic rings. The molecule has 3 rings (SSSR count). The van der Waals surface area contributed by atoms with Crippen molar-refractivity contribution in [2.45, 2.75) is 6.92 Å². The molecule has 3 aromatic rings. The lowest BCUT2D eigenvalue weighted by molar-refractivity contribution is 0.555. The summed E-state index contributed by atoms with van der Waals surface area (Å²) in [6.07, 6.45) is 0. The molecule has 0 atom stereocenters. The van der Waals surface area contributed by atoms with Gasteiger partial charge in [-0.1, -0.05) is 6.07 Å². The average Bonchev–Trinajstić information content (AvgIpc) is 2.68. The highest BCUT2D eigenvalue weighted by Gasteiger charge is 2.09. The molecule has 7 nitrogen and oxygen atoms in total. The number of nitrogens with zero attached hydrogens (tertiary/aromatic N) is 3. The van der Waals surface area contributed by atoms with E-state index in [0.717, 1.165) is 0 Å². The molecule has 2 heterocycles. The fourth-order valence-corrected chi connectivity index (χ4v) is 1.72. The van der Waals surface area contributed by atoms with Crippen LogP contribution < -0.4 is 11.5 Å². The van der Waals surface area contributed by atoms with Crippen molar-refractivity contribution >= 4 is 16.9 Å². The van der Waals surface area contributed by atoms with E-state index in [0.29, 0.717) is 34.0 Å². The number of nitrogens with one attached hydrogen (secondary N) is 1. The van der Waals surface area contributed by atoms with Gasteiger partial charge in [-0.3, -0.25) is 4.98 Å². The number of H-pyrrole nitrogens is 1. The Balaban J connectivity index is 2.21. The largest absolute Gasteiger partial charge is 0.417 e. The first-order valence-corrected chi connectivity index (χ1v) is 5.23. The maximum Gasteiger partial charge on any atom is 0.417 e. The molecule has 0 aliphatic heterocycles. The molecular weight excluding hydrogens is 234 g/mol. The van der Waals surface area contributed by atoms with Gasteiger partial charge in [0, 0.05) is 5.56 Å². The molecule has 0 fully saturated rings. The summed E-state index contributed by atoms with van der Waals surface area (Å²) in [5.41, 5.74) is 8.01. The van der Waals surface area contributed by atoms with Gasteiger partial charge in [-0.15, -0.1) is 10.2 Å². The molecule has 0 spiro atoms. The number of aryl methyl sites for hydroxylation is 1. The SMILES string of the molecule is Cc1nnc(-c2ccc3[nH]c(=O)oc3c2)c(N)n1. The summed E-state index contributed by atoms with van der Waals surface area (Å²) in [4.78, 5) is 17.7. The average molecular weight is 243 g/mol. The van der Waals surface area contributed by atoms with Crippen LogP contribution >= 0.6 is 0 Å². The standard InChI is InChI=1S/C11H9N5O2/c1-5-13-10(12)9(16-15-5)6-2-3-7-8(4-6)18-11(17)14-7/h2-4H,1H3,(H,14,17)(H2,12,13,15). The summed E-state index contributed by atoms with van der Waals surface area (Å²) in [6, 6.07) is 5.16. The summed E-state index contributed by atoms with van der Waals surface area (Å²) in [5, 5.41) is 7.85. The quantitative estimate of drug-likeness (QED) is 0.655. The summed E-state index contributed by atoms with van der Waals surface area (Å²) in [5.74, 6) is 0.300. The number of rotatable bonds is 1. The number of benzene rings is 1. The molecule has 2 aromatic heterocycles. The van der Waals surface area contributed by atoms with Gasteiger partial charge in [0.05, 0.1) is 5.52 Å². The highest BCUT2D eigenvalue weighted by molar-refractivity contribution is 5.81. The number of fused-ring (bicyclic) bond motifs is 1. The Hall–Kier alpha value is -2.70. The Morgan fingerprint density at radius 2 is 2.17 bits per heavy atom. The Labute approximate surface area is 101 Å². The van der Waals surface area contributed by atoms with E-state index in [1.807, 2.05) is 0 Å². The molecule has 0 aliphatic carbocycles. The number of aromatic amines is 1. The second kappa shape index (κ2) is 3.66. The molecule has 0 saturated heterocycles. The molecule has 0 radical (unpaired) electrons. The minimum atomic E-state index is -0.497. The molecule has 0 unspecified atom stereocenters. The first kappa shape index (κ1) is 10.5. The summed E-state index contributed by atoms with van der Waals surface area (Å²) < 4.78 is 4.97. The predicted octanol–water partition coefficient (Wildman–Crippen LogP) is 0.864. The summed E-state index contributed by atoms with van der Waals surface area (Å²) >= 11 is 0. The van der Waals surface area contributed by atoms with E-state index >= 15 is 0 Å². The minimum Gasteiger partial charge on any atom is -0.408 e. The second-order valence-corrected chi connectivity index (χ2v) is 3.82. The van der Waals surface area contributed by atoms with Crippen LogP contribution in [0.3, 0.4) is 0 Å². The van der Waals surface area contributed by atoms with Crippen LogP contribution in [0.1, 0.15) is 5.82 Å². The molecule has 7 heteroatoms. The van der Waals surface area contributed by atoms with Crippen LogP contribution in [0.5, 0.6) is 0 Å². The number of anilines is 1. The smallest absolute Gasteiger partial charge is 0.408 e. The van der Waals surface area contributed by atoms with E-state index in [4.69, 9.17) is 10.2 Å². The number of oxazole rings is 1. The number of nitrogens with two attached hydrogens (primary N) is 1. The van der Waals surface area contributed by atoms with E-state index in [1.54, 1.807) is 25.1 Å². The maximum absolute atomic E-state index is 11.1. The zero-order valence-electron chi connectivity index (χ0n) is 9.47. The summed E-state index contributed by atoms with van der Waals surface area (Å²) in [6.45, 7) is 1.71. The van der Waals surface area contributed by atoms with Crippen LogP contribution in [0.15, 0.2) is 27.4 Å². The van der Waals surface area contributed by atoms with Crippen molar-refractivity contribution in [1.82, 2.24) is 20.2 Å². The van der Waals surface area contributed by atoms with Crippen molar-refractivity contribution in [3.05, 3.63) is 34.6 Å². The van der Waals surface area contributed by atoms with Crippen LogP contribution in [0.2, 0.25) is 0 Å². The van der Waals surface area contributed by atoms with E-state index in [1.165, 1.54) is 0 Å². The van der Waals surface area contributed by atoms with Crippen molar-refractivity contribution in [1.29, 1.82) is 0 Å². The fourth-order valence-electron chi connectivity index (χ4n) is 1.72. The molecule has 1 aromatic carbocycles. The molecule has 3 N–H and O–H groups in total. The zero-order valence-corrected chi connectivity index (χ0v) is 9.47. The third kappa shape index (κ3) is 1.61. The van der Waals surface area contributed by atoms with Crippen molar-refractivity contribution in [3.8, 4) is 11.3 Å². The van der Waals surface area contributed by atoms with Gasteiger partial charge in [0.1, 0.15) is 11.5 Å². The summed E-state index contributed by atoms with van der Waals surface area (Å²) in [7, 11) is 0. The maximum atomic E-state index is 11.1. The number of nitrogen functional groups attached to an aromatic ring is 1. The monoisotopic (exact) mass is 243 g/mol. The van der Waals surface area contributed by atoms with Gasteiger partial charge in [0.25, 0.3) is 0 Å². The van der Waals surface area contributed by atoms with Crippen molar-refractivity contribution < 1.29 is 4.42 Å². The van der Waals surface area contributed by atoms with Crippen LogP contribution in [-0.2, 0) is 0 Å². The normalized spacial score (nSPS) is 10.9. The lowest BCUT2D eigenvalue weighted by Crippen LogP contribution is -2.01. The van der Waals surface area contributed by atoms with Gasteiger partial charge in [-0.2, -0.15) is 0 Å². The highest BCUT2D eigenvalue weighted by Crippen LogP contribution is 2.24. The number of hydrogen-bond donors (Lipinski definition) is 2. The lowest BCUT2D eigenvalue weighted by Gasteiger charge is -2.03. The third-order valence-electron chi connectivity index (χ3n) is 2.51. The second-order valence-electron chi connectivity index (χ2n) is 3.82. The van der Waals surface area contributed by atoms with Gasteiger partial charge in [0.15, 0.2) is 11.4 Å². The predicted molar refractivity (Wildman–Crippen MR) is 64.8 cm³/mol. The van der Waals surface area contributed by atoms with Gasteiger partial charge in [-0.25, -0.2) is 9.78 Å². The molecule has 0 saturated carbocycles. The van der Waals surface area contributed by atoms with E-state index in [9.17, 15) is 4.79 Å². The van der Waals surface area contributed by atoms with Gasteiger partial charge in [-0.05, 0) is 19.1 Å². The van der Waals surface area contributed by atoms with Crippen molar-refractivity contribution in [3.63, 3.8) is 0 Å². The number of hydrogen-bond acceptors (Lipinski definition) is 6. The van der Waals surface area contributed by atoms with Crippen LogP contribution in [0.25, 0.3) is 22.4 Å². The minimum absolute atomic E-state index is 0.291. The van der Waals surface area contributed by atoms with E-state index in [2.05, 4.69) is 20.2 Å². The van der Waals surface area contributed by atoms with Crippen LogP contribution in [0.4, 0.5) is 5.82 Å². The van der Waals surface area contributed by atoms with Crippen molar-refractivity contribution in [2.75, 3.05) is 5.73 Å². The fraction of sp³-hybridized carbons (Fsp3) is 0.0909. The topological polar surface area (TPSA) is 111 Å². The van der Waals surface area contributed by atoms with Gasteiger partial charge in [0.2, 0.25) is 0 Å². The first-order valence-electron chi connectivity index (χ1n) is 5.23. The molecule has 0 amide bonds. The number of aromatic nitrogens is 4. The zero-order chi connectivity index (χ0) is 12.7. The van der Waals surface area contributed by atoms with Crippen molar-refractivity contribution in [2.24, 2.45) is 0 Å². The molecule has 90 valence electrons. The van der Waals surface area contributed by atoms with E-state index in [-0.39, 0.29) is 0 Å². The van der Waals surface area contributed by atoms with E-state index < -0.39 is 5.76 Å². The van der Waals surface area contributed by atoms with Gasteiger partial charge >= 0.3 is 5.76 Å². The molecule has 0 bridgehead atoms. The Kier molecular flexibility index (Phi) is 2.12. The third-order valence-corrected chi connectivity index (χ3v) is 2.51. The lowest BCUT2D eigenvalue weighted by atomic mass is 10.1. The Morgan fingerprint density at radius 3 is 2.94 bits per heavy atom. The van der Waals surface area contributed by atoms with Gasteiger partial charge < -0.3 is 10.2 Å². The Morgan fingerprint density at radius 1 is 1.33 bits per heavy atom. The highest BCUT2D eigenvalue weighted by atomic mass is 16.4. The van der Waals surface area contributed by atoms with Crippen LogP contribution in [0, 0.1) is 6.92 Å². The molecular formula is C11H9N5O2. The Bertz CT molecular complexity index is 789.